The molecule has 0 unspecified atom stereocenters. The fraction of sp³-hybridized carbons (Fsp3) is 0.571. The summed E-state index contributed by atoms with van der Waals surface area (Å²) < 4.78 is 0. The van der Waals surface area contributed by atoms with Crippen LogP contribution in [0.15, 0.2) is 24.3 Å². The van der Waals surface area contributed by atoms with Crippen LogP contribution in [0.4, 0.5) is 0 Å². The van der Waals surface area contributed by atoms with E-state index in [9.17, 15) is 0 Å². The average Bonchev–Trinajstić information content (AvgIpc) is 2.26. The molecular formula is C14H21Br. The van der Waals surface area contributed by atoms with Crippen LogP contribution in [0.25, 0.3) is 0 Å². The molecule has 0 radical (unpaired) electrons. The summed E-state index contributed by atoms with van der Waals surface area (Å²) in [5, 5.41) is 0.776. The van der Waals surface area contributed by atoms with Crippen LogP contribution in [0, 0.1) is 11.8 Å². The van der Waals surface area contributed by atoms with Gasteiger partial charge in [-0.3, -0.25) is 0 Å². The summed E-state index contributed by atoms with van der Waals surface area (Å²) in [6.45, 7) is 2.24. The molecule has 15 heavy (non-hydrogen) atoms. The fourth-order valence-corrected chi connectivity index (χ4v) is 1.36. The molecule has 0 aromatic heterocycles. The molecule has 0 nitrogen and oxygen atoms in total. The summed E-state index contributed by atoms with van der Waals surface area (Å²) in [6, 6.07) is 0. The summed E-state index contributed by atoms with van der Waals surface area (Å²) in [4.78, 5) is 0. The maximum Gasteiger partial charge on any atom is 0.0645 e. The Labute approximate surface area is 103 Å². The molecule has 0 aromatic carbocycles. The van der Waals surface area contributed by atoms with Gasteiger partial charge in [-0.05, 0) is 19.3 Å². The average molecular weight is 269 g/mol. The van der Waals surface area contributed by atoms with E-state index in [1.165, 1.54) is 25.7 Å². The first-order valence-corrected chi connectivity index (χ1v) is 6.85. The molecule has 0 amide bonds. The first-order valence-electron chi connectivity index (χ1n) is 5.73. The Morgan fingerprint density at radius 3 is 2.53 bits per heavy atom. The Hall–Kier alpha value is -0.480. The van der Waals surface area contributed by atoms with Crippen LogP contribution in [0.1, 0.15) is 45.4 Å². The zero-order valence-electron chi connectivity index (χ0n) is 9.64. The molecule has 0 bridgehead atoms. The van der Waals surface area contributed by atoms with Crippen LogP contribution in [-0.2, 0) is 0 Å². The minimum Gasteiger partial charge on any atom is -0.0983 e. The van der Waals surface area contributed by atoms with Crippen LogP contribution < -0.4 is 0 Å². The molecular weight excluding hydrogens is 248 g/mol. The first-order chi connectivity index (χ1) is 7.41. The molecule has 0 spiro atoms. The number of alkyl halides is 1. The van der Waals surface area contributed by atoms with E-state index in [2.05, 4.69) is 59.0 Å². The van der Waals surface area contributed by atoms with Gasteiger partial charge in [0.2, 0.25) is 0 Å². The highest BCUT2D eigenvalue weighted by Crippen LogP contribution is 2.00. The number of rotatable bonds is 7. The highest BCUT2D eigenvalue weighted by atomic mass is 79.9. The lowest BCUT2D eigenvalue weighted by Gasteiger charge is -1.90. The van der Waals surface area contributed by atoms with Crippen molar-refractivity contribution in [1.29, 1.82) is 0 Å². The van der Waals surface area contributed by atoms with Crippen molar-refractivity contribution < 1.29 is 0 Å². The zero-order valence-corrected chi connectivity index (χ0v) is 11.2. The van der Waals surface area contributed by atoms with E-state index in [0.29, 0.717) is 0 Å². The number of halogens is 1. The van der Waals surface area contributed by atoms with Crippen molar-refractivity contribution in [1.82, 2.24) is 0 Å². The summed E-state index contributed by atoms with van der Waals surface area (Å²) in [7, 11) is 0. The standard InChI is InChI=1S/C14H21Br/c1-2-3-4-5-6-7-8-9-10-11-12-13-14-15/h6-7,9-10H,2-5,8,11,14H2,1H3. The lowest BCUT2D eigenvalue weighted by molar-refractivity contribution is 0.728. The van der Waals surface area contributed by atoms with E-state index in [1.54, 1.807) is 0 Å². The van der Waals surface area contributed by atoms with Crippen LogP contribution >= 0.6 is 15.9 Å². The van der Waals surface area contributed by atoms with Gasteiger partial charge in [0.05, 0.1) is 5.33 Å². The largest absolute Gasteiger partial charge is 0.0983 e. The predicted molar refractivity (Wildman–Crippen MR) is 73.2 cm³/mol. The first kappa shape index (κ1) is 14.5. The molecule has 1 heteroatoms. The van der Waals surface area contributed by atoms with Crippen molar-refractivity contribution in [2.45, 2.75) is 45.4 Å². The van der Waals surface area contributed by atoms with Crippen molar-refractivity contribution in [2.75, 3.05) is 5.33 Å². The van der Waals surface area contributed by atoms with Gasteiger partial charge in [0.25, 0.3) is 0 Å². The quantitative estimate of drug-likeness (QED) is 0.268. The van der Waals surface area contributed by atoms with E-state index in [4.69, 9.17) is 0 Å². The number of hydrogen-bond acceptors (Lipinski definition) is 0. The minimum absolute atomic E-state index is 0.776. The second kappa shape index (κ2) is 13.5. The monoisotopic (exact) mass is 268 g/mol. The predicted octanol–water partition coefficient (Wildman–Crippen LogP) is 4.86. The molecule has 0 rings (SSSR count). The van der Waals surface area contributed by atoms with Gasteiger partial charge in [-0.1, -0.05) is 71.8 Å². The lowest BCUT2D eigenvalue weighted by Crippen LogP contribution is -1.70. The Kier molecular flexibility index (Phi) is 13.1. The molecule has 0 aliphatic heterocycles. The van der Waals surface area contributed by atoms with Crippen LogP contribution in [0.5, 0.6) is 0 Å². The van der Waals surface area contributed by atoms with E-state index >= 15 is 0 Å². The number of allylic oxidation sites excluding steroid dienone is 4. The Bertz CT molecular complexity index is 227. The van der Waals surface area contributed by atoms with Gasteiger partial charge in [0.1, 0.15) is 0 Å². The molecule has 0 heterocycles. The van der Waals surface area contributed by atoms with Gasteiger partial charge in [0, 0.05) is 6.42 Å². The molecule has 0 fully saturated rings. The molecule has 0 saturated heterocycles. The van der Waals surface area contributed by atoms with Gasteiger partial charge >= 0.3 is 0 Å². The molecule has 0 aliphatic carbocycles. The number of hydrogen-bond donors (Lipinski definition) is 0. The van der Waals surface area contributed by atoms with E-state index in [-0.39, 0.29) is 0 Å². The third-order valence-corrected chi connectivity index (χ3v) is 2.27. The summed E-state index contributed by atoms with van der Waals surface area (Å²) in [5.74, 6) is 6.02. The third-order valence-electron chi connectivity index (χ3n) is 1.99. The van der Waals surface area contributed by atoms with Gasteiger partial charge < -0.3 is 0 Å². The third kappa shape index (κ3) is 13.5. The SMILES string of the molecule is CCCCCC=CCC=CCC#CCBr. The molecule has 0 saturated carbocycles. The van der Waals surface area contributed by atoms with Crippen molar-refractivity contribution in [2.24, 2.45) is 0 Å². The van der Waals surface area contributed by atoms with Gasteiger partial charge in [-0.2, -0.15) is 0 Å². The second-order valence-electron chi connectivity index (χ2n) is 3.37. The topological polar surface area (TPSA) is 0 Å². The Balaban J connectivity index is 3.28. The molecule has 0 N–H and O–H groups in total. The second-order valence-corrected chi connectivity index (χ2v) is 3.93. The smallest absolute Gasteiger partial charge is 0.0645 e. The highest BCUT2D eigenvalue weighted by molar-refractivity contribution is 9.09. The highest BCUT2D eigenvalue weighted by Gasteiger charge is 1.80. The summed E-state index contributed by atoms with van der Waals surface area (Å²) in [5.41, 5.74) is 0. The van der Waals surface area contributed by atoms with Crippen molar-refractivity contribution >= 4 is 15.9 Å². The Morgan fingerprint density at radius 2 is 1.80 bits per heavy atom. The maximum atomic E-state index is 3.26. The molecule has 0 atom stereocenters. The van der Waals surface area contributed by atoms with Gasteiger partial charge in [-0.15, -0.1) is 0 Å². The van der Waals surface area contributed by atoms with Crippen molar-refractivity contribution in [3.8, 4) is 11.8 Å². The fourth-order valence-electron chi connectivity index (χ4n) is 1.16. The zero-order chi connectivity index (χ0) is 11.2. The van der Waals surface area contributed by atoms with Crippen LogP contribution in [0.3, 0.4) is 0 Å². The van der Waals surface area contributed by atoms with Crippen molar-refractivity contribution in [3.05, 3.63) is 24.3 Å². The lowest BCUT2D eigenvalue weighted by atomic mass is 10.2. The molecule has 0 aromatic rings. The minimum atomic E-state index is 0.776. The van der Waals surface area contributed by atoms with E-state index in [1.807, 2.05) is 0 Å². The van der Waals surface area contributed by atoms with Gasteiger partial charge in [-0.25, -0.2) is 0 Å². The van der Waals surface area contributed by atoms with Crippen molar-refractivity contribution in [3.63, 3.8) is 0 Å². The van der Waals surface area contributed by atoms with Crippen LogP contribution in [-0.4, -0.2) is 5.33 Å². The molecule has 0 aliphatic rings. The summed E-state index contributed by atoms with van der Waals surface area (Å²) in [6.07, 6.45) is 16.0. The normalized spacial score (nSPS) is 10.8. The molecule has 84 valence electrons. The van der Waals surface area contributed by atoms with E-state index in [0.717, 1.165) is 18.2 Å². The Morgan fingerprint density at radius 1 is 1.00 bits per heavy atom. The maximum absolute atomic E-state index is 3.26. The van der Waals surface area contributed by atoms with Crippen LogP contribution in [0.2, 0.25) is 0 Å². The van der Waals surface area contributed by atoms with E-state index < -0.39 is 0 Å². The van der Waals surface area contributed by atoms with Gasteiger partial charge in [0.15, 0.2) is 0 Å². The summed E-state index contributed by atoms with van der Waals surface area (Å²) >= 11 is 3.26. The number of unbranched alkanes of at least 4 members (excludes halogenated alkanes) is 3.